The molecular weight excluding hydrogens is 252 g/mol. The van der Waals surface area contributed by atoms with Gasteiger partial charge in [-0.1, -0.05) is 29.8 Å². The topological polar surface area (TPSA) is 33.9 Å². The molecule has 1 amide bonds. The van der Waals surface area contributed by atoms with Gasteiger partial charge in [0.25, 0.3) is 0 Å². The predicted molar refractivity (Wildman–Crippen MR) is 79.9 cm³/mol. The third-order valence-electron chi connectivity index (χ3n) is 2.73. The van der Waals surface area contributed by atoms with Crippen molar-refractivity contribution in [3.05, 3.63) is 41.2 Å². The van der Waals surface area contributed by atoms with Crippen molar-refractivity contribution < 1.29 is 9.53 Å². The number of rotatable bonds is 4. The predicted octanol–water partition coefficient (Wildman–Crippen LogP) is 4.04. The molecule has 0 N–H and O–H groups in total. The maximum atomic E-state index is 11.8. The molecule has 0 aliphatic carbocycles. The first-order valence-corrected chi connectivity index (χ1v) is 6.72. The standard InChI is InChI=1S/C16H22N2O2/c1-16(2,3)20-15(19)18(5)12-6-7-13-8-10-14(17-4)11-9-13/h8-11H,6-7,12H2,1-3,5H3. The van der Waals surface area contributed by atoms with Gasteiger partial charge in [0.1, 0.15) is 5.60 Å². The molecule has 4 nitrogen and oxygen atoms in total. The summed E-state index contributed by atoms with van der Waals surface area (Å²) in [6.45, 7) is 13.1. The van der Waals surface area contributed by atoms with Gasteiger partial charge in [-0.15, -0.1) is 0 Å². The van der Waals surface area contributed by atoms with Crippen molar-refractivity contribution in [2.45, 2.75) is 39.2 Å². The van der Waals surface area contributed by atoms with E-state index < -0.39 is 5.60 Å². The van der Waals surface area contributed by atoms with Crippen LogP contribution in [0, 0.1) is 6.57 Å². The molecule has 0 aromatic heterocycles. The number of hydrogen-bond donors (Lipinski definition) is 0. The maximum absolute atomic E-state index is 11.8. The van der Waals surface area contributed by atoms with E-state index in [-0.39, 0.29) is 6.09 Å². The van der Waals surface area contributed by atoms with E-state index in [1.54, 1.807) is 11.9 Å². The fourth-order valence-corrected chi connectivity index (χ4v) is 1.69. The SMILES string of the molecule is [C-]#[N+]c1ccc(CCCN(C)C(=O)OC(C)(C)C)cc1. The number of benzene rings is 1. The highest BCUT2D eigenvalue weighted by molar-refractivity contribution is 5.67. The van der Waals surface area contributed by atoms with E-state index in [0.717, 1.165) is 12.8 Å². The Kier molecular flexibility index (Phi) is 5.57. The second-order valence-corrected chi connectivity index (χ2v) is 5.78. The molecule has 0 radical (unpaired) electrons. The molecule has 0 spiro atoms. The third-order valence-corrected chi connectivity index (χ3v) is 2.73. The van der Waals surface area contributed by atoms with Crippen LogP contribution < -0.4 is 0 Å². The normalized spacial score (nSPS) is 10.8. The molecule has 108 valence electrons. The first-order valence-electron chi connectivity index (χ1n) is 6.72. The molecular formula is C16H22N2O2. The minimum absolute atomic E-state index is 0.291. The monoisotopic (exact) mass is 274 g/mol. The molecule has 20 heavy (non-hydrogen) atoms. The van der Waals surface area contributed by atoms with E-state index in [4.69, 9.17) is 11.3 Å². The molecule has 0 heterocycles. The van der Waals surface area contributed by atoms with E-state index in [9.17, 15) is 4.79 Å². The van der Waals surface area contributed by atoms with Crippen LogP contribution in [-0.4, -0.2) is 30.2 Å². The summed E-state index contributed by atoms with van der Waals surface area (Å²) < 4.78 is 5.29. The lowest BCUT2D eigenvalue weighted by molar-refractivity contribution is 0.0297. The van der Waals surface area contributed by atoms with Crippen LogP contribution in [0.4, 0.5) is 10.5 Å². The average Bonchev–Trinajstić information content (AvgIpc) is 2.37. The van der Waals surface area contributed by atoms with Gasteiger partial charge >= 0.3 is 6.09 Å². The van der Waals surface area contributed by atoms with E-state index in [1.807, 2.05) is 45.0 Å². The van der Waals surface area contributed by atoms with Crippen LogP contribution in [0.3, 0.4) is 0 Å². The number of hydrogen-bond acceptors (Lipinski definition) is 2. The smallest absolute Gasteiger partial charge is 0.410 e. The molecule has 0 fully saturated rings. The number of aryl methyl sites for hydroxylation is 1. The molecule has 4 heteroatoms. The van der Waals surface area contributed by atoms with Gasteiger partial charge in [0.15, 0.2) is 5.69 Å². The second kappa shape index (κ2) is 6.95. The average molecular weight is 274 g/mol. The van der Waals surface area contributed by atoms with Gasteiger partial charge in [0.2, 0.25) is 0 Å². The molecule has 0 aliphatic heterocycles. The Morgan fingerprint density at radius 1 is 1.30 bits per heavy atom. The first-order chi connectivity index (χ1) is 9.31. The third kappa shape index (κ3) is 5.75. The zero-order valence-electron chi connectivity index (χ0n) is 12.6. The molecule has 0 bridgehead atoms. The van der Waals surface area contributed by atoms with Crippen molar-refractivity contribution in [3.63, 3.8) is 0 Å². The maximum Gasteiger partial charge on any atom is 0.410 e. The van der Waals surface area contributed by atoms with Crippen LogP contribution in [0.5, 0.6) is 0 Å². The van der Waals surface area contributed by atoms with Crippen LogP contribution in [0.25, 0.3) is 4.85 Å². The molecule has 0 atom stereocenters. The number of amides is 1. The minimum atomic E-state index is -0.457. The van der Waals surface area contributed by atoms with Gasteiger partial charge in [0.05, 0.1) is 6.57 Å². The number of ether oxygens (including phenoxy) is 1. The molecule has 1 aromatic carbocycles. The summed E-state index contributed by atoms with van der Waals surface area (Å²) in [4.78, 5) is 16.7. The van der Waals surface area contributed by atoms with E-state index in [1.165, 1.54) is 5.56 Å². The lowest BCUT2D eigenvalue weighted by atomic mass is 10.1. The number of nitrogens with zero attached hydrogens (tertiary/aromatic N) is 2. The fraction of sp³-hybridized carbons (Fsp3) is 0.500. The lowest BCUT2D eigenvalue weighted by Crippen LogP contribution is -2.34. The zero-order chi connectivity index (χ0) is 15.2. The summed E-state index contributed by atoms with van der Waals surface area (Å²) in [6.07, 6.45) is 1.46. The van der Waals surface area contributed by atoms with Gasteiger partial charge in [0, 0.05) is 13.6 Å². The van der Waals surface area contributed by atoms with E-state index >= 15 is 0 Å². The van der Waals surface area contributed by atoms with Crippen molar-refractivity contribution in [2.75, 3.05) is 13.6 Å². The zero-order valence-corrected chi connectivity index (χ0v) is 12.6. The Balaban J connectivity index is 2.36. The van der Waals surface area contributed by atoms with E-state index in [0.29, 0.717) is 12.2 Å². The van der Waals surface area contributed by atoms with Crippen LogP contribution in [0.15, 0.2) is 24.3 Å². The summed E-state index contributed by atoms with van der Waals surface area (Å²) in [7, 11) is 1.75. The van der Waals surface area contributed by atoms with Crippen molar-refractivity contribution in [1.29, 1.82) is 0 Å². The fourth-order valence-electron chi connectivity index (χ4n) is 1.69. The number of carbonyl (C=O) groups is 1. The quantitative estimate of drug-likeness (QED) is 0.777. The van der Waals surface area contributed by atoms with Crippen LogP contribution >= 0.6 is 0 Å². The molecule has 0 aliphatic rings. The molecule has 0 saturated heterocycles. The van der Waals surface area contributed by atoms with Gasteiger partial charge in [-0.2, -0.15) is 0 Å². The lowest BCUT2D eigenvalue weighted by Gasteiger charge is -2.24. The highest BCUT2D eigenvalue weighted by atomic mass is 16.6. The van der Waals surface area contributed by atoms with Gasteiger partial charge in [-0.3, -0.25) is 0 Å². The largest absolute Gasteiger partial charge is 0.444 e. The second-order valence-electron chi connectivity index (χ2n) is 5.78. The Hall–Kier alpha value is -2.02. The van der Waals surface area contributed by atoms with Gasteiger partial charge in [-0.05, 0) is 33.6 Å². The molecule has 1 rings (SSSR count). The van der Waals surface area contributed by atoms with Gasteiger partial charge in [-0.25, -0.2) is 9.64 Å². The van der Waals surface area contributed by atoms with Crippen molar-refractivity contribution in [1.82, 2.24) is 4.90 Å². The Morgan fingerprint density at radius 3 is 2.40 bits per heavy atom. The first kappa shape index (κ1) is 16.0. The number of carbonyl (C=O) groups excluding carboxylic acids is 1. The van der Waals surface area contributed by atoms with Crippen molar-refractivity contribution in [3.8, 4) is 0 Å². The highest BCUT2D eigenvalue weighted by Gasteiger charge is 2.18. The van der Waals surface area contributed by atoms with Crippen molar-refractivity contribution in [2.24, 2.45) is 0 Å². The summed E-state index contributed by atoms with van der Waals surface area (Å²) >= 11 is 0. The van der Waals surface area contributed by atoms with Crippen LogP contribution in [0.2, 0.25) is 0 Å². The highest BCUT2D eigenvalue weighted by Crippen LogP contribution is 2.14. The molecule has 1 aromatic rings. The van der Waals surface area contributed by atoms with Crippen LogP contribution in [0.1, 0.15) is 32.8 Å². The summed E-state index contributed by atoms with van der Waals surface area (Å²) in [5.74, 6) is 0. The van der Waals surface area contributed by atoms with Crippen molar-refractivity contribution >= 4 is 11.8 Å². The Bertz CT molecular complexity index is 481. The van der Waals surface area contributed by atoms with Crippen LogP contribution in [-0.2, 0) is 11.2 Å². The summed E-state index contributed by atoms with van der Waals surface area (Å²) in [6, 6.07) is 7.56. The Morgan fingerprint density at radius 2 is 1.90 bits per heavy atom. The van der Waals surface area contributed by atoms with E-state index in [2.05, 4.69) is 4.85 Å². The molecule has 0 unspecified atom stereocenters. The summed E-state index contributed by atoms with van der Waals surface area (Å²) in [5, 5.41) is 0. The van der Waals surface area contributed by atoms with Gasteiger partial charge < -0.3 is 9.64 Å². The Labute approximate surface area is 121 Å². The minimum Gasteiger partial charge on any atom is -0.444 e. The molecule has 0 saturated carbocycles. The summed E-state index contributed by atoms with van der Waals surface area (Å²) in [5.41, 5.74) is 1.37.